The standard InChI is InChI=1S/C11H13NO3/c13-9-6-12-5-7-3-10-11(4-8(7)9)15-2-1-14-10/h3-4,9,12-13H,1-2,5-6H2/p+1/t9-/m1/s1. The van der Waals surface area contributed by atoms with E-state index in [0.717, 1.165) is 35.7 Å². The van der Waals surface area contributed by atoms with Crippen LogP contribution in [0.15, 0.2) is 12.1 Å². The third-order valence-corrected chi connectivity index (χ3v) is 2.92. The Morgan fingerprint density at radius 3 is 2.73 bits per heavy atom. The van der Waals surface area contributed by atoms with Crippen molar-refractivity contribution < 1.29 is 19.9 Å². The second-order valence-corrected chi connectivity index (χ2v) is 3.94. The fourth-order valence-electron chi connectivity index (χ4n) is 2.16. The Morgan fingerprint density at radius 1 is 1.20 bits per heavy atom. The maximum absolute atomic E-state index is 9.84. The molecule has 2 aliphatic heterocycles. The summed E-state index contributed by atoms with van der Waals surface area (Å²) in [5, 5.41) is 11.9. The van der Waals surface area contributed by atoms with Gasteiger partial charge in [-0.15, -0.1) is 0 Å². The van der Waals surface area contributed by atoms with E-state index in [0.29, 0.717) is 13.2 Å². The van der Waals surface area contributed by atoms with Gasteiger partial charge in [0, 0.05) is 5.56 Å². The Hall–Kier alpha value is -1.26. The number of aliphatic hydroxyl groups excluding tert-OH is 1. The number of quaternary nitrogens is 1. The smallest absolute Gasteiger partial charge is 0.161 e. The minimum Gasteiger partial charge on any atom is -0.486 e. The van der Waals surface area contributed by atoms with Crippen LogP contribution in [0.2, 0.25) is 0 Å². The van der Waals surface area contributed by atoms with Crippen molar-refractivity contribution in [2.75, 3.05) is 19.8 Å². The highest BCUT2D eigenvalue weighted by Crippen LogP contribution is 2.35. The number of rotatable bonds is 0. The van der Waals surface area contributed by atoms with Crippen LogP contribution in [0.4, 0.5) is 0 Å². The molecule has 0 aliphatic carbocycles. The van der Waals surface area contributed by atoms with Crippen LogP contribution in [0.1, 0.15) is 17.2 Å². The van der Waals surface area contributed by atoms with Gasteiger partial charge in [0.15, 0.2) is 11.5 Å². The molecule has 1 aromatic carbocycles. The van der Waals surface area contributed by atoms with E-state index in [1.807, 2.05) is 12.1 Å². The molecule has 0 saturated carbocycles. The van der Waals surface area contributed by atoms with E-state index in [9.17, 15) is 5.11 Å². The molecule has 1 aromatic rings. The van der Waals surface area contributed by atoms with Crippen molar-refractivity contribution in [1.29, 1.82) is 0 Å². The van der Waals surface area contributed by atoms with Gasteiger partial charge in [0.25, 0.3) is 0 Å². The van der Waals surface area contributed by atoms with Crippen LogP contribution in [-0.2, 0) is 6.54 Å². The zero-order chi connectivity index (χ0) is 10.3. The molecule has 3 rings (SSSR count). The molecule has 4 nitrogen and oxygen atoms in total. The van der Waals surface area contributed by atoms with E-state index in [1.165, 1.54) is 0 Å². The molecule has 0 unspecified atom stereocenters. The van der Waals surface area contributed by atoms with Crippen LogP contribution >= 0.6 is 0 Å². The molecule has 0 amide bonds. The summed E-state index contributed by atoms with van der Waals surface area (Å²) in [5.74, 6) is 1.57. The first kappa shape index (κ1) is 9.00. The van der Waals surface area contributed by atoms with Crippen molar-refractivity contribution in [3.05, 3.63) is 23.3 Å². The molecule has 80 valence electrons. The van der Waals surface area contributed by atoms with Crippen LogP contribution in [0, 0.1) is 0 Å². The Balaban J connectivity index is 2.08. The molecule has 1 atom stereocenters. The van der Waals surface area contributed by atoms with Crippen molar-refractivity contribution in [1.82, 2.24) is 0 Å². The Bertz CT molecular complexity index is 392. The lowest BCUT2D eigenvalue weighted by Gasteiger charge is -2.24. The van der Waals surface area contributed by atoms with Crippen LogP contribution in [0.25, 0.3) is 0 Å². The van der Waals surface area contributed by atoms with Gasteiger partial charge >= 0.3 is 0 Å². The van der Waals surface area contributed by atoms with E-state index < -0.39 is 0 Å². The zero-order valence-electron chi connectivity index (χ0n) is 8.40. The van der Waals surface area contributed by atoms with Gasteiger partial charge in [-0.05, 0) is 17.7 Å². The zero-order valence-corrected chi connectivity index (χ0v) is 8.40. The molecule has 2 aliphatic rings. The van der Waals surface area contributed by atoms with Gasteiger partial charge in [-0.25, -0.2) is 0 Å². The van der Waals surface area contributed by atoms with Gasteiger partial charge in [-0.2, -0.15) is 0 Å². The first-order valence-electron chi connectivity index (χ1n) is 5.27. The minimum absolute atomic E-state index is 0.385. The molecule has 2 heterocycles. The van der Waals surface area contributed by atoms with Gasteiger partial charge in [-0.3, -0.25) is 0 Å². The molecule has 0 aromatic heterocycles. The Morgan fingerprint density at radius 2 is 1.93 bits per heavy atom. The number of nitrogens with two attached hydrogens (primary N) is 1. The number of hydrogen-bond donors (Lipinski definition) is 2. The largest absolute Gasteiger partial charge is 0.486 e. The third-order valence-electron chi connectivity index (χ3n) is 2.92. The second-order valence-electron chi connectivity index (χ2n) is 3.94. The van der Waals surface area contributed by atoms with E-state index in [4.69, 9.17) is 9.47 Å². The summed E-state index contributed by atoms with van der Waals surface area (Å²) in [6, 6.07) is 3.91. The van der Waals surface area contributed by atoms with Crippen LogP contribution in [-0.4, -0.2) is 24.9 Å². The first-order chi connectivity index (χ1) is 7.34. The summed E-state index contributed by atoms with van der Waals surface area (Å²) in [7, 11) is 0. The van der Waals surface area contributed by atoms with Gasteiger partial charge in [0.2, 0.25) is 0 Å². The van der Waals surface area contributed by atoms with Gasteiger partial charge in [0.1, 0.15) is 32.4 Å². The Kier molecular flexibility index (Phi) is 2.04. The summed E-state index contributed by atoms with van der Waals surface area (Å²) >= 11 is 0. The molecule has 15 heavy (non-hydrogen) atoms. The van der Waals surface area contributed by atoms with E-state index in [1.54, 1.807) is 0 Å². The summed E-state index contributed by atoms with van der Waals surface area (Å²) in [4.78, 5) is 0. The molecular weight excluding hydrogens is 194 g/mol. The summed E-state index contributed by atoms with van der Waals surface area (Å²) < 4.78 is 11.0. The second kappa shape index (κ2) is 3.40. The molecule has 4 heteroatoms. The number of ether oxygens (including phenoxy) is 2. The first-order valence-corrected chi connectivity index (χ1v) is 5.27. The van der Waals surface area contributed by atoms with Gasteiger partial charge in [0.05, 0.1) is 0 Å². The van der Waals surface area contributed by atoms with Crippen LogP contribution < -0.4 is 14.8 Å². The van der Waals surface area contributed by atoms with Crippen molar-refractivity contribution in [3.8, 4) is 11.5 Å². The highest BCUT2D eigenvalue weighted by atomic mass is 16.6. The maximum atomic E-state index is 9.84. The van der Waals surface area contributed by atoms with E-state index in [2.05, 4.69) is 5.32 Å². The fraction of sp³-hybridized carbons (Fsp3) is 0.455. The summed E-state index contributed by atoms with van der Waals surface area (Å²) in [5.41, 5.74) is 2.14. The average molecular weight is 208 g/mol. The predicted octanol–water partition coefficient (Wildman–Crippen LogP) is -0.432. The molecular formula is C11H14NO3+. The van der Waals surface area contributed by atoms with Crippen molar-refractivity contribution in [3.63, 3.8) is 0 Å². The summed E-state index contributed by atoms with van der Waals surface area (Å²) in [6.07, 6.45) is -0.385. The summed E-state index contributed by atoms with van der Waals surface area (Å²) in [6.45, 7) is 2.84. The lowest BCUT2D eigenvalue weighted by Crippen LogP contribution is -2.85. The highest BCUT2D eigenvalue weighted by Gasteiger charge is 2.24. The minimum atomic E-state index is -0.385. The third kappa shape index (κ3) is 1.46. The highest BCUT2D eigenvalue weighted by molar-refractivity contribution is 5.49. The van der Waals surface area contributed by atoms with Gasteiger partial charge < -0.3 is 19.9 Å². The fourth-order valence-corrected chi connectivity index (χ4v) is 2.16. The van der Waals surface area contributed by atoms with E-state index in [-0.39, 0.29) is 6.10 Å². The average Bonchev–Trinajstić information content (AvgIpc) is 2.27. The van der Waals surface area contributed by atoms with Gasteiger partial charge in [-0.1, -0.05) is 0 Å². The van der Waals surface area contributed by atoms with Crippen molar-refractivity contribution in [2.45, 2.75) is 12.6 Å². The predicted molar refractivity (Wildman–Crippen MR) is 52.9 cm³/mol. The molecule has 0 bridgehead atoms. The molecule has 0 fully saturated rings. The SMILES string of the molecule is O[C@@H]1C[NH2+]Cc2cc3c(cc21)OCCO3. The molecule has 3 N–H and O–H groups in total. The number of fused-ring (bicyclic) bond motifs is 2. The number of hydrogen-bond acceptors (Lipinski definition) is 3. The molecule has 0 spiro atoms. The number of benzene rings is 1. The van der Waals surface area contributed by atoms with Crippen molar-refractivity contribution in [2.24, 2.45) is 0 Å². The topological polar surface area (TPSA) is 55.3 Å². The Labute approximate surface area is 87.8 Å². The van der Waals surface area contributed by atoms with E-state index >= 15 is 0 Å². The lowest BCUT2D eigenvalue weighted by molar-refractivity contribution is -0.681. The quantitative estimate of drug-likeness (QED) is 0.608. The van der Waals surface area contributed by atoms with Crippen LogP contribution in [0.5, 0.6) is 11.5 Å². The lowest BCUT2D eigenvalue weighted by atomic mass is 9.98. The monoisotopic (exact) mass is 208 g/mol. The normalized spacial score (nSPS) is 23.4. The molecule has 0 saturated heterocycles. The maximum Gasteiger partial charge on any atom is 0.161 e. The van der Waals surface area contributed by atoms with Crippen LogP contribution in [0.3, 0.4) is 0 Å². The van der Waals surface area contributed by atoms with Crippen molar-refractivity contribution >= 4 is 0 Å². The molecule has 0 radical (unpaired) electrons. The number of aliphatic hydroxyl groups is 1.